The summed E-state index contributed by atoms with van der Waals surface area (Å²) < 4.78 is 5.37. The van der Waals surface area contributed by atoms with Gasteiger partial charge < -0.3 is 15.4 Å². The molecular weight excluding hydrogens is 423 g/mol. The number of hydrogen-bond donors (Lipinski definition) is 2. The van der Waals surface area contributed by atoms with E-state index in [1.807, 2.05) is 0 Å². The Morgan fingerprint density at radius 1 is 1.35 bits per heavy atom. The molecule has 1 saturated heterocycles. The highest BCUT2D eigenvalue weighted by Gasteiger charge is 2.09. The van der Waals surface area contributed by atoms with E-state index >= 15 is 0 Å². The van der Waals surface area contributed by atoms with Gasteiger partial charge in [0.1, 0.15) is 0 Å². The summed E-state index contributed by atoms with van der Waals surface area (Å²) in [6.07, 6.45) is 1.13. The lowest BCUT2D eigenvalue weighted by molar-refractivity contribution is 0.0376. The molecule has 0 bridgehead atoms. The molecule has 1 fully saturated rings. The zero-order valence-corrected chi connectivity index (χ0v) is 17.3. The monoisotopic (exact) mass is 452 g/mol. The van der Waals surface area contributed by atoms with Crippen molar-refractivity contribution in [3.8, 4) is 0 Å². The second-order valence-electron chi connectivity index (χ2n) is 5.46. The van der Waals surface area contributed by atoms with Gasteiger partial charge in [0.2, 0.25) is 0 Å². The topological polar surface area (TPSA) is 48.9 Å². The van der Waals surface area contributed by atoms with E-state index in [0.29, 0.717) is 0 Å². The Hall–Kier alpha value is -0.380. The summed E-state index contributed by atoms with van der Waals surface area (Å²) in [6.45, 7) is 11.8. The van der Waals surface area contributed by atoms with Crippen molar-refractivity contribution in [3.63, 3.8) is 0 Å². The first-order valence-corrected chi connectivity index (χ1v) is 9.03. The number of aliphatic imine (C=N–C) groups is 1. The third kappa shape index (κ3) is 7.82. The number of ether oxygens (including phenoxy) is 1. The normalized spacial score (nSPS) is 16.0. The number of hydrogen-bond acceptors (Lipinski definition) is 4. The standard InChI is InChI=1S/C16H28N4OS.HI/c1-3-17-16(19-13-15-14(2)5-12-22-15)18-6-4-7-20-8-10-21-11-9-20;/h5,12H,3-4,6-11,13H2,1-2H3,(H2,17,18,19);1H. The van der Waals surface area contributed by atoms with E-state index in [1.54, 1.807) is 11.3 Å². The molecule has 1 aliphatic heterocycles. The summed E-state index contributed by atoms with van der Waals surface area (Å²) in [5, 5.41) is 8.87. The first kappa shape index (κ1) is 20.7. The molecule has 23 heavy (non-hydrogen) atoms. The van der Waals surface area contributed by atoms with E-state index in [-0.39, 0.29) is 24.0 Å². The van der Waals surface area contributed by atoms with E-state index in [4.69, 9.17) is 4.74 Å². The molecule has 0 spiro atoms. The number of nitrogens with one attached hydrogen (secondary N) is 2. The molecule has 1 aromatic heterocycles. The van der Waals surface area contributed by atoms with Crippen LogP contribution in [0.15, 0.2) is 16.4 Å². The maximum Gasteiger partial charge on any atom is 0.191 e. The van der Waals surface area contributed by atoms with Crippen LogP contribution < -0.4 is 10.6 Å². The molecule has 132 valence electrons. The Balaban J connectivity index is 0.00000264. The maximum absolute atomic E-state index is 5.37. The van der Waals surface area contributed by atoms with Gasteiger partial charge in [-0.2, -0.15) is 0 Å². The number of halogens is 1. The minimum atomic E-state index is 0. The number of nitrogens with zero attached hydrogens (tertiary/aromatic N) is 2. The third-order valence-electron chi connectivity index (χ3n) is 3.74. The third-order valence-corrected chi connectivity index (χ3v) is 4.75. The number of morpholine rings is 1. The van der Waals surface area contributed by atoms with Crippen molar-refractivity contribution in [3.05, 3.63) is 21.9 Å². The van der Waals surface area contributed by atoms with Crippen LogP contribution in [0.5, 0.6) is 0 Å². The van der Waals surface area contributed by atoms with Crippen molar-refractivity contribution in [2.45, 2.75) is 26.8 Å². The highest BCUT2D eigenvalue weighted by Crippen LogP contribution is 2.16. The molecule has 0 aliphatic carbocycles. The average Bonchev–Trinajstić information content (AvgIpc) is 2.95. The molecule has 1 aromatic rings. The molecular formula is C16H29IN4OS. The van der Waals surface area contributed by atoms with Gasteiger partial charge in [0.05, 0.1) is 19.8 Å². The quantitative estimate of drug-likeness (QED) is 0.289. The van der Waals surface area contributed by atoms with Crippen LogP contribution in [0.25, 0.3) is 0 Å². The van der Waals surface area contributed by atoms with Gasteiger partial charge in [-0.1, -0.05) is 0 Å². The van der Waals surface area contributed by atoms with Gasteiger partial charge in [-0.15, -0.1) is 35.3 Å². The fraction of sp³-hybridized carbons (Fsp3) is 0.688. The Bertz CT molecular complexity index is 461. The van der Waals surface area contributed by atoms with Crippen LogP contribution in [0.3, 0.4) is 0 Å². The fourth-order valence-electron chi connectivity index (χ4n) is 2.39. The van der Waals surface area contributed by atoms with Gasteiger partial charge in [0, 0.05) is 31.1 Å². The van der Waals surface area contributed by atoms with Crippen molar-refractivity contribution in [1.29, 1.82) is 0 Å². The van der Waals surface area contributed by atoms with Crippen LogP contribution in [0.2, 0.25) is 0 Å². The number of thiophene rings is 1. The van der Waals surface area contributed by atoms with Crippen LogP contribution in [0.1, 0.15) is 23.8 Å². The van der Waals surface area contributed by atoms with Gasteiger partial charge in [0.15, 0.2) is 5.96 Å². The Morgan fingerprint density at radius 3 is 2.78 bits per heavy atom. The Labute approximate surface area is 160 Å². The maximum atomic E-state index is 5.37. The second-order valence-corrected chi connectivity index (χ2v) is 6.46. The highest BCUT2D eigenvalue weighted by atomic mass is 127. The van der Waals surface area contributed by atoms with Crippen molar-refractivity contribution in [2.75, 3.05) is 45.9 Å². The molecule has 0 radical (unpaired) electrons. The number of rotatable bonds is 7. The van der Waals surface area contributed by atoms with Gasteiger partial charge in [-0.05, 0) is 43.8 Å². The van der Waals surface area contributed by atoms with Crippen molar-refractivity contribution in [2.24, 2.45) is 4.99 Å². The summed E-state index contributed by atoms with van der Waals surface area (Å²) in [6, 6.07) is 2.15. The summed E-state index contributed by atoms with van der Waals surface area (Å²) >= 11 is 1.78. The minimum absolute atomic E-state index is 0. The van der Waals surface area contributed by atoms with Crippen LogP contribution >= 0.6 is 35.3 Å². The van der Waals surface area contributed by atoms with Crippen LogP contribution in [0.4, 0.5) is 0 Å². The fourth-order valence-corrected chi connectivity index (χ4v) is 3.22. The first-order valence-electron chi connectivity index (χ1n) is 8.15. The molecule has 0 atom stereocenters. The predicted molar refractivity (Wildman–Crippen MR) is 109 cm³/mol. The summed E-state index contributed by atoms with van der Waals surface area (Å²) in [5.41, 5.74) is 1.33. The van der Waals surface area contributed by atoms with Crippen molar-refractivity contribution >= 4 is 41.3 Å². The summed E-state index contributed by atoms with van der Waals surface area (Å²) in [5.74, 6) is 0.914. The van der Waals surface area contributed by atoms with Crippen LogP contribution in [-0.4, -0.2) is 56.8 Å². The molecule has 0 saturated carbocycles. The average molecular weight is 452 g/mol. The van der Waals surface area contributed by atoms with E-state index in [1.165, 1.54) is 10.4 Å². The van der Waals surface area contributed by atoms with Gasteiger partial charge in [0.25, 0.3) is 0 Å². The van der Waals surface area contributed by atoms with Crippen LogP contribution in [-0.2, 0) is 11.3 Å². The number of aryl methyl sites for hydroxylation is 1. The van der Waals surface area contributed by atoms with Gasteiger partial charge in [-0.3, -0.25) is 4.90 Å². The molecule has 5 nitrogen and oxygen atoms in total. The second kappa shape index (κ2) is 12.0. The molecule has 2 rings (SSSR count). The van der Waals surface area contributed by atoms with Gasteiger partial charge in [-0.25, -0.2) is 4.99 Å². The minimum Gasteiger partial charge on any atom is -0.379 e. The molecule has 7 heteroatoms. The lowest BCUT2D eigenvalue weighted by Gasteiger charge is -2.26. The van der Waals surface area contributed by atoms with E-state index in [9.17, 15) is 0 Å². The largest absolute Gasteiger partial charge is 0.379 e. The molecule has 2 heterocycles. The Kier molecular flexibility index (Phi) is 10.8. The predicted octanol–water partition coefficient (Wildman–Crippen LogP) is 2.45. The van der Waals surface area contributed by atoms with E-state index < -0.39 is 0 Å². The molecule has 0 amide bonds. The number of guanidine groups is 1. The smallest absolute Gasteiger partial charge is 0.191 e. The molecule has 0 aromatic carbocycles. The SMILES string of the molecule is CCNC(=NCc1sccc1C)NCCCN1CCOCC1.I. The van der Waals surface area contributed by atoms with Crippen molar-refractivity contribution in [1.82, 2.24) is 15.5 Å². The van der Waals surface area contributed by atoms with Gasteiger partial charge >= 0.3 is 0 Å². The lowest BCUT2D eigenvalue weighted by Crippen LogP contribution is -2.40. The summed E-state index contributed by atoms with van der Waals surface area (Å²) in [4.78, 5) is 8.47. The first-order chi connectivity index (χ1) is 10.8. The zero-order chi connectivity index (χ0) is 15.6. The molecule has 2 N–H and O–H groups in total. The molecule has 1 aliphatic rings. The van der Waals surface area contributed by atoms with E-state index in [2.05, 4.69) is 45.8 Å². The lowest BCUT2D eigenvalue weighted by atomic mass is 10.3. The molecule has 0 unspecified atom stereocenters. The van der Waals surface area contributed by atoms with E-state index in [0.717, 1.165) is 64.9 Å². The van der Waals surface area contributed by atoms with Crippen LogP contribution in [0, 0.1) is 6.92 Å². The van der Waals surface area contributed by atoms with Crippen molar-refractivity contribution < 1.29 is 4.74 Å². The highest BCUT2D eigenvalue weighted by molar-refractivity contribution is 14.0. The zero-order valence-electron chi connectivity index (χ0n) is 14.1. The summed E-state index contributed by atoms with van der Waals surface area (Å²) in [7, 11) is 0. The Morgan fingerprint density at radius 2 is 2.13 bits per heavy atom.